The van der Waals surface area contributed by atoms with Gasteiger partial charge in [-0.2, -0.15) is 0 Å². The summed E-state index contributed by atoms with van der Waals surface area (Å²) < 4.78 is 0. The Bertz CT molecular complexity index is 486. The van der Waals surface area contributed by atoms with Crippen LogP contribution < -0.4 is 0 Å². The van der Waals surface area contributed by atoms with Crippen molar-refractivity contribution in [1.29, 1.82) is 0 Å². The zero-order valence-corrected chi connectivity index (χ0v) is 14.0. The van der Waals surface area contributed by atoms with Crippen LogP contribution in [-0.4, -0.2) is 35.0 Å². The predicted octanol–water partition coefficient (Wildman–Crippen LogP) is 3.42. The molecule has 5 heteroatoms. The first-order chi connectivity index (χ1) is 10.6. The van der Waals surface area contributed by atoms with Crippen molar-refractivity contribution in [2.45, 2.75) is 45.4 Å². The van der Waals surface area contributed by atoms with Gasteiger partial charge in [0.25, 0.3) is 0 Å². The molecule has 1 N–H and O–H groups in total. The molecule has 2 unspecified atom stereocenters. The number of carbonyl (C=O) groups excluding carboxylic acids is 1. The average molecular weight is 323 g/mol. The lowest BCUT2D eigenvalue weighted by atomic mass is 9.80. The zero-order valence-electron chi connectivity index (χ0n) is 13.2. The quantitative estimate of drug-likeness (QED) is 0.836. The highest BCUT2D eigenvalue weighted by molar-refractivity contribution is 7.09. The Labute approximate surface area is 136 Å². The van der Waals surface area contributed by atoms with Crippen LogP contribution in [0.15, 0.2) is 17.5 Å². The molecule has 1 aliphatic carbocycles. The maximum atomic E-state index is 12.8. The van der Waals surface area contributed by atoms with Gasteiger partial charge in [0.15, 0.2) is 0 Å². The fraction of sp³-hybridized carbons (Fsp3) is 0.647. The van der Waals surface area contributed by atoms with E-state index in [0.29, 0.717) is 12.8 Å². The van der Waals surface area contributed by atoms with Crippen LogP contribution in [0.2, 0.25) is 0 Å². The van der Waals surface area contributed by atoms with Gasteiger partial charge in [0.2, 0.25) is 5.91 Å². The number of thiophene rings is 1. The van der Waals surface area contributed by atoms with Crippen molar-refractivity contribution < 1.29 is 14.7 Å². The van der Waals surface area contributed by atoms with Gasteiger partial charge < -0.3 is 10.0 Å². The Morgan fingerprint density at radius 1 is 1.32 bits per heavy atom. The SMILES string of the molecule is CCCN(CCc1cccs1)C(=O)C1CCCC(C(=O)O)C1. The van der Waals surface area contributed by atoms with Crippen molar-refractivity contribution in [3.8, 4) is 0 Å². The van der Waals surface area contributed by atoms with Crippen LogP contribution in [0.25, 0.3) is 0 Å². The minimum absolute atomic E-state index is 0.107. The second-order valence-corrected chi connectivity index (χ2v) is 7.09. The number of carboxylic acids is 1. The van der Waals surface area contributed by atoms with Crippen LogP contribution >= 0.6 is 11.3 Å². The van der Waals surface area contributed by atoms with Crippen molar-refractivity contribution in [3.63, 3.8) is 0 Å². The van der Waals surface area contributed by atoms with Gasteiger partial charge >= 0.3 is 5.97 Å². The maximum absolute atomic E-state index is 12.8. The monoisotopic (exact) mass is 323 g/mol. The Morgan fingerprint density at radius 3 is 2.73 bits per heavy atom. The molecule has 0 radical (unpaired) electrons. The minimum atomic E-state index is -0.752. The molecule has 0 aromatic carbocycles. The number of amides is 1. The molecule has 1 aromatic rings. The van der Waals surface area contributed by atoms with E-state index in [-0.39, 0.29) is 17.7 Å². The minimum Gasteiger partial charge on any atom is -0.481 e. The summed E-state index contributed by atoms with van der Waals surface area (Å²) in [7, 11) is 0. The summed E-state index contributed by atoms with van der Waals surface area (Å²) in [6.07, 6.45) is 4.72. The molecule has 22 heavy (non-hydrogen) atoms. The molecule has 4 nitrogen and oxygen atoms in total. The van der Waals surface area contributed by atoms with Crippen molar-refractivity contribution in [3.05, 3.63) is 22.4 Å². The second kappa shape index (κ2) is 8.32. The zero-order chi connectivity index (χ0) is 15.9. The van der Waals surface area contributed by atoms with E-state index in [1.165, 1.54) is 4.88 Å². The molecule has 2 rings (SSSR count). The summed E-state index contributed by atoms with van der Waals surface area (Å²) in [6.45, 7) is 3.58. The number of nitrogens with zero attached hydrogens (tertiary/aromatic N) is 1. The molecular formula is C17H25NO3S. The number of aliphatic carboxylic acids is 1. The summed E-state index contributed by atoms with van der Waals surface area (Å²) in [5.41, 5.74) is 0. The molecule has 1 aromatic heterocycles. The average Bonchev–Trinajstić information content (AvgIpc) is 3.04. The third-order valence-corrected chi connectivity index (χ3v) is 5.32. The van der Waals surface area contributed by atoms with E-state index in [4.69, 9.17) is 0 Å². The van der Waals surface area contributed by atoms with Gasteiger partial charge in [-0.1, -0.05) is 19.4 Å². The van der Waals surface area contributed by atoms with Gasteiger partial charge in [-0.15, -0.1) is 11.3 Å². The largest absolute Gasteiger partial charge is 0.481 e. The molecule has 1 heterocycles. The fourth-order valence-electron chi connectivity index (χ4n) is 3.20. The lowest BCUT2D eigenvalue weighted by molar-refractivity contribution is -0.145. The standard InChI is InChI=1S/C17H25NO3S/c1-2-9-18(10-8-15-7-4-11-22-15)16(19)13-5-3-6-14(12-13)17(20)21/h4,7,11,13-14H,2-3,5-6,8-10,12H2,1H3,(H,20,21). The molecule has 1 amide bonds. The summed E-state index contributed by atoms with van der Waals surface area (Å²) in [4.78, 5) is 27.2. The Morgan fingerprint density at radius 2 is 2.09 bits per heavy atom. The third-order valence-electron chi connectivity index (χ3n) is 4.39. The molecule has 0 spiro atoms. The first kappa shape index (κ1) is 17.0. The molecule has 0 bridgehead atoms. The first-order valence-corrected chi connectivity index (χ1v) is 9.03. The molecule has 2 atom stereocenters. The van der Waals surface area contributed by atoms with Gasteiger partial charge in [-0.3, -0.25) is 9.59 Å². The molecule has 122 valence electrons. The van der Waals surface area contributed by atoms with Crippen LogP contribution in [0.1, 0.15) is 43.9 Å². The van der Waals surface area contributed by atoms with E-state index < -0.39 is 5.97 Å². The summed E-state index contributed by atoms with van der Waals surface area (Å²) in [6, 6.07) is 4.13. The third kappa shape index (κ3) is 4.57. The number of hydrogen-bond acceptors (Lipinski definition) is 3. The highest BCUT2D eigenvalue weighted by atomic mass is 32.1. The van der Waals surface area contributed by atoms with Crippen molar-refractivity contribution in [2.24, 2.45) is 11.8 Å². The summed E-state index contributed by atoms with van der Waals surface area (Å²) in [5, 5.41) is 11.2. The Balaban J connectivity index is 1.94. The number of rotatable bonds is 7. The normalized spacial score (nSPS) is 21.5. The van der Waals surface area contributed by atoms with E-state index in [2.05, 4.69) is 18.4 Å². The number of hydrogen-bond donors (Lipinski definition) is 1. The van der Waals surface area contributed by atoms with Crippen LogP contribution in [0, 0.1) is 11.8 Å². The number of carbonyl (C=O) groups is 2. The van der Waals surface area contributed by atoms with Crippen LogP contribution in [0.5, 0.6) is 0 Å². The molecule has 1 saturated carbocycles. The van der Waals surface area contributed by atoms with Gasteiger partial charge in [0, 0.05) is 23.9 Å². The number of carboxylic acid groups (broad SMARTS) is 1. The molecule has 1 aliphatic rings. The Kier molecular flexibility index (Phi) is 6.43. The van der Waals surface area contributed by atoms with Crippen LogP contribution in [-0.2, 0) is 16.0 Å². The predicted molar refractivity (Wildman–Crippen MR) is 88.0 cm³/mol. The van der Waals surface area contributed by atoms with Gasteiger partial charge in [0.1, 0.15) is 0 Å². The van der Waals surface area contributed by atoms with Gasteiger partial charge in [0.05, 0.1) is 5.92 Å². The highest BCUT2D eigenvalue weighted by Gasteiger charge is 2.33. The molecule has 0 saturated heterocycles. The lowest BCUT2D eigenvalue weighted by Gasteiger charge is -2.31. The van der Waals surface area contributed by atoms with Crippen LogP contribution in [0.3, 0.4) is 0 Å². The highest BCUT2D eigenvalue weighted by Crippen LogP contribution is 2.30. The topological polar surface area (TPSA) is 57.6 Å². The van der Waals surface area contributed by atoms with Crippen LogP contribution in [0.4, 0.5) is 0 Å². The van der Waals surface area contributed by atoms with Gasteiger partial charge in [-0.05, 0) is 43.6 Å². The van der Waals surface area contributed by atoms with E-state index in [9.17, 15) is 14.7 Å². The van der Waals surface area contributed by atoms with E-state index in [0.717, 1.165) is 38.8 Å². The van der Waals surface area contributed by atoms with E-state index in [1.54, 1.807) is 11.3 Å². The molecular weight excluding hydrogens is 298 g/mol. The van der Waals surface area contributed by atoms with Crippen molar-refractivity contribution >= 4 is 23.2 Å². The van der Waals surface area contributed by atoms with Crippen molar-refractivity contribution in [1.82, 2.24) is 4.90 Å². The maximum Gasteiger partial charge on any atom is 0.306 e. The summed E-state index contributed by atoms with van der Waals surface area (Å²) in [5.74, 6) is -1.05. The summed E-state index contributed by atoms with van der Waals surface area (Å²) >= 11 is 1.72. The Hall–Kier alpha value is -1.36. The first-order valence-electron chi connectivity index (χ1n) is 8.15. The fourth-order valence-corrected chi connectivity index (χ4v) is 3.90. The van der Waals surface area contributed by atoms with E-state index >= 15 is 0 Å². The van der Waals surface area contributed by atoms with Gasteiger partial charge in [-0.25, -0.2) is 0 Å². The lowest BCUT2D eigenvalue weighted by Crippen LogP contribution is -2.40. The van der Waals surface area contributed by atoms with Crippen molar-refractivity contribution in [2.75, 3.05) is 13.1 Å². The molecule has 1 fully saturated rings. The second-order valence-electron chi connectivity index (χ2n) is 6.05. The van der Waals surface area contributed by atoms with E-state index in [1.807, 2.05) is 11.0 Å². The molecule has 0 aliphatic heterocycles. The smallest absolute Gasteiger partial charge is 0.306 e.